The van der Waals surface area contributed by atoms with Crippen LogP contribution in [0, 0.1) is 0 Å². The van der Waals surface area contributed by atoms with Crippen LogP contribution >= 0.6 is 0 Å². The Morgan fingerprint density at radius 2 is 1.81 bits per heavy atom. The molecule has 0 aliphatic rings. The monoisotopic (exact) mass is 350 g/mol. The second kappa shape index (κ2) is 7.39. The van der Waals surface area contributed by atoms with Crippen LogP contribution in [0.15, 0.2) is 48.7 Å². The molecule has 0 fully saturated rings. The van der Waals surface area contributed by atoms with Crippen molar-refractivity contribution in [2.24, 2.45) is 0 Å². The van der Waals surface area contributed by atoms with Crippen LogP contribution < -0.4 is 10.6 Å². The van der Waals surface area contributed by atoms with Crippen molar-refractivity contribution in [3.05, 3.63) is 65.7 Å². The lowest BCUT2D eigenvalue weighted by molar-refractivity contribution is 0.0932. The highest BCUT2D eigenvalue weighted by atomic mass is 16.2. The summed E-state index contributed by atoms with van der Waals surface area (Å²) in [6.45, 7) is 5.83. The molecule has 0 atom stereocenters. The number of aryl methyl sites for hydroxylation is 1. The lowest BCUT2D eigenvalue weighted by Gasteiger charge is -2.06. The Morgan fingerprint density at radius 1 is 1.08 bits per heavy atom. The average molecular weight is 350 g/mol. The molecule has 134 valence electrons. The van der Waals surface area contributed by atoms with E-state index in [0.717, 1.165) is 6.42 Å². The number of amides is 2. The molecule has 0 bridgehead atoms. The van der Waals surface area contributed by atoms with E-state index in [9.17, 15) is 9.59 Å². The van der Waals surface area contributed by atoms with Crippen LogP contribution in [-0.2, 0) is 6.42 Å². The molecule has 0 aliphatic carbocycles. The molecule has 26 heavy (non-hydrogen) atoms. The highest BCUT2D eigenvalue weighted by Crippen LogP contribution is 2.16. The summed E-state index contributed by atoms with van der Waals surface area (Å²) in [6, 6.07) is 13.0. The standard InChI is InChI=1S/C20H22N4O2/c1-4-14-8-10-15(11-9-14)22-19(25)17-16-7-5-6-12-24(16)18(23-17)20(26)21-13(2)3/h5-13H,4H2,1-3H3,(H,21,26)(H,22,25). The van der Waals surface area contributed by atoms with Crippen molar-refractivity contribution in [1.82, 2.24) is 14.7 Å². The van der Waals surface area contributed by atoms with Crippen LogP contribution in [0.25, 0.3) is 5.52 Å². The second-order valence-electron chi connectivity index (χ2n) is 6.37. The van der Waals surface area contributed by atoms with Gasteiger partial charge in [-0.1, -0.05) is 25.1 Å². The van der Waals surface area contributed by atoms with Crippen LogP contribution in [0.5, 0.6) is 0 Å². The molecule has 3 rings (SSSR count). The lowest BCUT2D eigenvalue weighted by atomic mass is 10.1. The van der Waals surface area contributed by atoms with Crippen molar-refractivity contribution in [1.29, 1.82) is 0 Å². The Hall–Kier alpha value is -3.15. The maximum Gasteiger partial charge on any atom is 0.287 e. The number of fused-ring (bicyclic) bond motifs is 1. The van der Waals surface area contributed by atoms with Gasteiger partial charge in [0.15, 0.2) is 5.69 Å². The normalized spacial score (nSPS) is 10.9. The Balaban J connectivity index is 1.93. The van der Waals surface area contributed by atoms with Gasteiger partial charge < -0.3 is 10.6 Å². The van der Waals surface area contributed by atoms with E-state index in [1.165, 1.54) is 5.56 Å². The first-order valence-electron chi connectivity index (χ1n) is 8.67. The molecular weight excluding hydrogens is 328 g/mol. The first-order chi connectivity index (χ1) is 12.5. The minimum Gasteiger partial charge on any atom is -0.347 e. The van der Waals surface area contributed by atoms with Crippen LogP contribution in [0.3, 0.4) is 0 Å². The van der Waals surface area contributed by atoms with Gasteiger partial charge in [0.1, 0.15) is 0 Å². The van der Waals surface area contributed by atoms with Crippen LogP contribution in [0.1, 0.15) is 47.4 Å². The van der Waals surface area contributed by atoms with E-state index in [2.05, 4.69) is 22.5 Å². The van der Waals surface area contributed by atoms with E-state index >= 15 is 0 Å². The maximum absolute atomic E-state index is 12.7. The smallest absolute Gasteiger partial charge is 0.287 e. The molecule has 0 saturated carbocycles. The van der Waals surface area contributed by atoms with E-state index in [4.69, 9.17) is 0 Å². The van der Waals surface area contributed by atoms with E-state index in [0.29, 0.717) is 11.2 Å². The molecule has 2 N–H and O–H groups in total. The predicted molar refractivity (Wildman–Crippen MR) is 102 cm³/mol. The molecular formula is C20H22N4O2. The fraction of sp³-hybridized carbons (Fsp3) is 0.250. The lowest BCUT2D eigenvalue weighted by Crippen LogP contribution is -2.31. The van der Waals surface area contributed by atoms with Gasteiger partial charge in [0.05, 0.1) is 5.52 Å². The van der Waals surface area contributed by atoms with Crippen LogP contribution in [0.4, 0.5) is 5.69 Å². The molecule has 1 aromatic carbocycles. The van der Waals surface area contributed by atoms with Gasteiger partial charge in [-0.3, -0.25) is 14.0 Å². The van der Waals surface area contributed by atoms with Crippen molar-refractivity contribution in [2.45, 2.75) is 33.2 Å². The topological polar surface area (TPSA) is 75.5 Å². The number of nitrogens with zero attached hydrogens (tertiary/aromatic N) is 2. The summed E-state index contributed by atoms with van der Waals surface area (Å²) < 4.78 is 1.63. The first-order valence-corrected chi connectivity index (χ1v) is 8.67. The van der Waals surface area contributed by atoms with Crippen molar-refractivity contribution in [3.63, 3.8) is 0 Å². The van der Waals surface area contributed by atoms with Gasteiger partial charge in [-0.15, -0.1) is 0 Å². The Labute approximate surface area is 152 Å². The molecule has 3 aromatic rings. The number of benzene rings is 1. The van der Waals surface area contributed by atoms with Crippen molar-refractivity contribution >= 4 is 23.0 Å². The number of carbonyl (C=O) groups is 2. The number of imidazole rings is 1. The van der Waals surface area contributed by atoms with Crippen molar-refractivity contribution in [3.8, 4) is 0 Å². The Bertz CT molecular complexity index is 942. The number of hydrogen-bond donors (Lipinski definition) is 2. The summed E-state index contributed by atoms with van der Waals surface area (Å²) >= 11 is 0. The van der Waals surface area contributed by atoms with Gasteiger partial charge in [0.2, 0.25) is 5.82 Å². The minimum absolute atomic E-state index is 0.0204. The van der Waals surface area contributed by atoms with Crippen LogP contribution in [0.2, 0.25) is 0 Å². The molecule has 0 aliphatic heterocycles. The summed E-state index contributed by atoms with van der Waals surface area (Å²) in [5, 5.41) is 5.66. The summed E-state index contributed by atoms with van der Waals surface area (Å²) in [4.78, 5) is 29.4. The third-order valence-electron chi connectivity index (χ3n) is 4.01. The second-order valence-corrected chi connectivity index (χ2v) is 6.37. The van der Waals surface area contributed by atoms with Gasteiger partial charge in [-0.2, -0.15) is 0 Å². The van der Waals surface area contributed by atoms with Gasteiger partial charge in [-0.05, 0) is 50.1 Å². The summed E-state index contributed by atoms with van der Waals surface area (Å²) in [5.41, 5.74) is 2.70. The highest BCUT2D eigenvalue weighted by Gasteiger charge is 2.21. The van der Waals surface area contributed by atoms with E-state index in [1.807, 2.05) is 44.2 Å². The molecule has 0 spiro atoms. The zero-order valence-corrected chi connectivity index (χ0v) is 15.1. The van der Waals surface area contributed by atoms with Gasteiger partial charge in [-0.25, -0.2) is 4.98 Å². The molecule has 0 radical (unpaired) electrons. The SMILES string of the molecule is CCc1ccc(NC(=O)c2nc(C(=O)NC(C)C)n3ccccc23)cc1. The minimum atomic E-state index is -0.346. The summed E-state index contributed by atoms with van der Waals surface area (Å²) in [7, 11) is 0. The molecule has 2 aromatic heterocycles. The Morgan fingerprint density at radius 3 is 2.46 bits per heavy atom. The molecule has 0 unspecified atom stereocenters. The number of carbonyl (C=O) groups excluding carboxylic acids is 2. The average Bonchev–Trinajstić information content (AvgIpc) is 3.02. The number of pyridine rings is 1. The van der Waals surface area contributed by atoms with Gasteiger partial charge >= 0.3 is 0 Å². The van der Waals surface area contributed by atoms with E-state index < -0.39 is 0 Å². The molecule has 2 amide bonds. The zero-order chi connectivity index (χ0) is 18.7. The highest BCUT2D eigenvalue weighted by molar-refractivity contribution is 6.08. The molecule has 6 heteroatoms. The molecule has 6 nitrogen and oxygen atoms in total. The predicted octanol–water partition coefficient (Wildman–Crippen LogP) is 3.29. The largest absolute Gasteiger partial charge is 0.347 e. The van der Waals surface area contributed by atoms with Gasteiger partial charge in [0.25, 0.3) is 11.8 Å². The van der Waals surface area contributed by atoms with Gasteiger partial charge in [0, 0.05) is 17.9 Å². The van der Waals surface area contributed by atoms with Crippen molar-refractivity contribution in [2.75, 3.05) is 5.32 Å². The summed E-state index contributed by atoms with van der Waals surface area (Å²) in [5.74, 6) is -0.463. The van der Waals surface area contributed by atoms with E-state index in [1.54, 1.807) is 22.7 Å². The van der Waals surface area contributed by atoms with E-state index in [-0.39, 0.29) is 29.4 Å². The fourth-order valence-corrected chi connectivity index (χ4v) is 2.71. The number of aromatic nitrogens is 2. The third-order valence-corrected chi connectivity index (χ3v) is 4.01. The number of rotatable bonds is 5. The third kappa shape index (κ3) is 3.59. The Kier molecular flexibility index (Phi) is 5.02. The van der Waals surface area contributed by atoms with Crippen molar-refractivity contribution < 1.29 is 9.59 Å². The fourth-order valence-electron chi connectivity index (χ4n) is 2.71. The maximum atomic E-state index is 12.7. The van der Waals surface area contributed by atoms with Crippen LogP contribution in [-0.4, -0.2) is 27.2 Å². The summed E-state index contributed by atoms with van der Waals surface area (Å²) in [6.07, 6.45) is 2.67. The zero-order valence-electron chi connectivity index (χ0n) is 15.1. The number of nitrogens with one attached hydrogen (secondary N) is 2. The number of anilines is 1. The molecule has 2 heterocycles. The quantitative estimate of drug-likeness (QED) is 0.741. The molecule has 0 saturated heterocycles. The number of hydrogen-bond acceptors (Lipinski definition) is 3. The first kappa shape index (κ1) is 17.7.